The van der Waals surface area contributed by atoms with Crippen molar-refractivity contribution in [1.82, 2.24) is 34.7 Å². The fraction of sp³-hybridized carbons (Fsp3) is 0.351. The summed E-state index contributed by atoms with van der Waals surface area (Å²) in [5.74, 6) is 1.10. The zero-order valence-electron chi connectivity index (χ0n) is 27.5. The third-order valence-electron chi connectivity index (χ3n) is 10.7. The SMILES string of the molecule is N#CC1(C(=O)N2CCN(c3ncnc4[nH]ccc34)CC2)CC1.O=C(c1cc2ccccc2s1)N1CCN(c2ccnc3[nH]ccc23)CC12CC2. The van der Waals surface area contributed by atoms with Crippen molar-refractivity contribution < 1.29 is 9.59 Å². The number of nitrogens with zero attached hydrogens (tertiary/aromatic N) is 8. The van der Waals surface area contributed by atoms with Crippen molar-refractivity contribution in [2.45, 2.75) is 31.2 Å². The van der Waals surface area contributed by atoms with Gasteiger partial charge in [0.1, 0.15) is 28.9 Å². The molecular formula is C37H36N10O2S. The average Bonchev–Trinajstić information content (AvgIpc) is 3.88. The van der Waals surface area contributed by atoms with E-state index in [4.69, 9.17) is 5.26 Å². The van der Waals surface area contributed by atoms with Gasteiger partial charge >= 0.3 is 0 Å². The first-order valence-corrected chi connectivity index (χ1v) is 18.0. The summed E-state index contributed by atoms with van der Waals surface area (Å²) in [5.41, 5.74) is 2.23. The largest absolute Gasteiger partial charge is 0.367 e. The topological polar surface area (TPSA) is 141 Å². The Morgan fingerprint density at radius 2 is 1.56 bits per heavy atom. The standard InChI is InChI=1S/C22H20N4OS.C15H16N6O/c27-21(19-13-15-3-1-2-4-18(15)28-19)26-12-11-25(14-22(26)7-8-22)17-6-10-24-20-16(17)5-9-23-20;16-9-15(2-3-15)14(22)21-7-5-20(6-8-21)13-11-1-4-17-12(11)18-10-19-13/h1-6,9-10,13H,7-8,11-12,14H2,(H,23,24);1,4,10H,2-3,5-8H2,(H,17,18,19). The molecule has 1 spiro atoms. The van der Waals surface area contributed by atoms with Crippen LogP contribution in [0.4, 0.5) is 11.5 Å². The Labute approximate surface area is 292 Å². The van der Waals surface area contributed by atoms with Gasteiger partial charge < -0.3 is 29.6 Å². The Morgan fingerprint density at radius 1 is 0.820 bits per heavy atom. The van der Waals surface area contributed by atoms with Gasteiger partial charge in [0.25, 0.3) is 5.91 Å². The zero-order valence-corrected chi connectivity index (χ0v) is 28.3. The van der Waals surface area contributed by atoms with Crippen LogP contribution < -0.4 is 9.80 Å². The quantitative estimate of drug-likeness (QED) is 0.259. The second-order valence-electron chi connectivity index (χ2n) is 13.7. The Balaban J connectivity index is 0.000000139. The lowest BCUT2D eigenvalue weighted by Gasteiger charge is -2.43. The molecule has 252 valence electrons. The fourth-order valence-corrected chi connectivity index (χ4v) is 8.56. The molecule has 0 unspecified atom stereocenters. The Kier molecular flexibility index (Phi) is 7.24. The number of hydrogen-bond donors (Lipinski definition) is 2. The van der Waals surface area contributed by atoms with E-state index in [-0.39, 0.29) is 17.4 Å². The Morgan fingerprint density at radius 3 is 2.30 bits per heavy atom. The number of carbonyl (C=O) groups excluding carboxylic acids is 2. The van der Waals surface area contributed by atoms with Crippen molar-refractivity contribution in [2.75, 3.05) is 55.6 Å². The summed E-state index contributed by atoms with van der Waals surface area (Å²) < 4.78 is 1.18. The number of benzene rings is 1. The highest BCUT2D eigenvalue weighted by Gasteiger charge is 2.54. The van der Waals surface area contributed by atoms with Crippen LogP contribution in [0.25, 0.3) is 32.2 Å². The molecule has 2 saturated carbocycles. The molecule has 2 aliphatic heterocycles. The molecule has 10 rings (SSSR count). The number of nitrogens with one attached hydrogen (secondary N) is 2. The van der Waals surface area contributed by atoms with Crippen molar-refractivity contribution in [3.8, 4) is 6.07 Å². The summed E-state index contributed by atoms with van der Waals surface area (Å²) in [5, 5.41) is 12.5. The maximum absolute atomic E-state index is 13.3. The van der Waals surface area contributed by atoms with Crippen LogP contribution in [-0.4, -0.2) is 97.9 Å². The number of pyridine rings is 1. The molecule has 2 N–H and O–H groups in total. The monoisotopic (exact) mass is 684 g/mol. The third-order valence-corrected chi connectivity index (χ3v) is 11.8. The lowest BCUT2D eigenvalue weighted by Crippen LogP contribution is -2.57. The second-order valence-corrected chi connectivity index (χ2v) is 14.8. The molecule has 2 saturated heterocycles. The lowest BCUT2D eigenvalue weighted by molar-refractivity contribution is -0.135. The number of hydrogen-bond acceptors (Lipinski definition) is 9. The summed E-state index contributed by atoms with van der Waals surface area (Å²) >= 11 is 1.61. The molecule has 0 bridgehead atoms. The van der Waals surface area contributed by atoms with Crippen molar-refractivity contribution in [2.24, 2.45) is 5.41 Å². The summed E-state index contributed by atoms with van der Waals surface area (Å²) in [4.78, 5) is 54.4. The molecule has 0 radical (unpaired) electrons. The van der Waals surface area contributed by atoms with E-state index in [1.807, 2.05) is 41.7 Å². The summed E-state index contributed by atoms with van der Waals surface area (Å²) in [7, 11) is 0. The number of thiophene rings is 1. The first kappa shape index (κ1) is 30.6. The van der Waals surface area contributed by atoms with Gasteiger partial charge in [0, 0.05) is 80.2 Å². The van der Waals surface area contributed by atoms with E-state index < -0.39 is 5.41 Å². The highest BCUT2D eigenvalue weighted by Crippen LogP contribution is 2.47. The van der Waals surface area contributed by atoms with E-state index >= 15 is 0 Å². The number of piperazine rings is 2. The van der Waals surface area contributed by atoms with Gasteiger partial charge in [0.2, 0.25) is 5.91 Å². The number of aromatic nitrogens is 5. The molecule has 7 heterocycles. The zero-order chi connectivity index (χ0) is 33.9. The van der Waals surface area contributed by atoms with Crippen LogP contribution in [0.2, 0.25) is 0 Å². The van der Waals surface area contributed by atoms with Crippen LogP contribution in [-0.2, 0) is 4.79 Å². The Hall–Kier alpha value is -5.48. The van der Waals surface area contributed by atoms with Gasteiger partial charge in [-0.25, -0.2) is 15.0 Å². The van der Waals surface area contributed by atoms with Gasteiger partial charge in [0.05, 0.1) is 21.9 Å². The van der Waals surface area contributed by atoms with E-state index in [0.29, 0.717) is 25.9 Å². The maximum atomic E-state index is 13.3. The van der Waals surface area contributed by atoms with E-state index in [9.17, 15) is 9.59 Å². The fourth-order valence-electron chi connectivity index (χ4n) is 7.55. The second kappa shape index (κ2) is 11.8. The molecule has 2 amide bonds. The van der Waals surface area contributed by atoms with Crippen LogP contribution in [0.5, 0.6) is 0 Å². The summed E-state index contributed by atoms with van der Waals surface area (Å²) in [6.07, 6.45) is 10.8. The number of aromatic amines is 2. The van der Waals surface area contributed by atoms with Crippen molar-refractivity contribution >= 4 is 66.8 Å². The van der Waals surface area contributed by atoms with Crippen molar-refractivity contribution in [1.29, 1.82) is 5.26 Å². The first-order valence-electron chi connectivity index (χ1n) is 17.2. The van der Waals surface area contributed by atoms with Crippen LogP contribution >= 0.6 is 11.3 Å². The third kappa shape index (κ3) is 5.22. The average molecular weight is 685 g/mol. The number of carbonyl (C=O) groups is 2. The molecule has 50 heavy (non-hydrogen) atoms. The molecule has 6 aromatic rings. The van der Waals surface area contributed by atoms with Crippen LogP contribution in [0.15, 0.2) is 73.4 Å². The smallest absolute Gasteiger partial charge is 0.264 e. The van der Waals surface area contributed by atoms with E-state index in [1.165, 1.54) is 10.4 Å². The van der Waals surface area contributed by atoms with Gasteiger partial charge in [-0.05, 0) is 61.4 Å². The number of rotatable bonds is 4. The molecular weight excluding hydrogens is 649 g/mol. The highest BCUT2D eigenvalue weighted by atomic mass is 32.1. The minimum Gasteiger partial charge on any atom is -0.367 e. The number of fused-ring (bicyclic) bond motifs is 3. The van der Waals surface area contributed by atoms with E-state index in [1.54, 1.807) is 17.7 Å². The van der Waals surface area contributed by atoms with Gasteiger partial charge in [-0.2, -0.15) is 5.26 Å². The normalized spacial score (nSPS) is 19.0. The molecule has 2 aliphatic carbocycles. The molecule has 12 nitrogen and oxygen atoms in total. The van der Waals surface area contributed by atoms with Crippen molar-refractivity contribution in [3.63, 3.8) is 0 Å². The first-order chi connectivity index (χ1) is 24.5. The number of H-pyrrole nitrogens is 2. The minimum absolute atomic E-state index is 0.00382. The molecule has 1 aromatic carbocycles. The number of amides is 2. The molecule has 13 heteroatoms. The predicted octanol–water partition coefficient (Wildman–Crippen LogP) is 5.18. The molecule has 0 atom stereocenters. The molecule has 4 aliphatic rings. The maximum Gasteiger partial charge on any atom is 0.264 e. The number of anilines is 2. The van der Waals surface area contributed by atoms with E-state index in [0.717, 1.165) is 83.7 Å². The van der Waals surface area contributed by atoms with Crippen LogP contribution in [0.1, 0.15) is 35.4 Å². The molecule has 5 aromatic heterocycles. The van der Waals surface area contributed by atoms with Gasteiger partial charge in [-0.3, -0.25) is 9.59 Å². The van der Waals surface area contributed by atoms with Crippen molar-refractivity contribution in [3.05, 3.63) is 78.3 Å². The highest BCUT2D eigenvalue weighted by molar-refractivity contribution is 7.20. The minimum atomic E-state index is -0.717. The van der Waals surface area contributed by atoms with Gasteiger partial charge in [-0.1, -0.05) is 18.2 Å². The summed E-state index contributed by atoms with van der Waals surface area (Å²) in [6.45, 7) is 5.24. The molecule has 4 fully saturated rings. The Bertz CT molecular complexity index is 2250. The van der Waals surface area contributed by atoms with Gasteiger partial charge in [0.15, 0.2) is 0 Å². The van der Waals surface area contributed by atoms with Crippen LogP contribution in [0.3, 0.4) is 0 Å². The number of nitriles is 1. The summed E-state index contributed by atoms with van der Waals surface area (Å²) in [6, 6.07) is 18.6. The lowest BCUT2D eigenvalue weighted by atomic mass is 10.1. The van der Waals surface area contributed by atoms with Crippen LogP contribution in [0, 0.1) is 16.7 Å². The van der Waals surface area contributed by atoms with E-state index in [2.05, 4.69) is 76.0 Å². The van der Waals surface area contributed by atoms with Gasteiger partial charge in [-0.15, -0.1) is 11.3 Å². The predicted molar refractivity (Wildman–Crippen MR) is 193 cm³/mol.